The highest BCUT2D eigenvalue weighted by Gasteiger charge is 2.51. The number of carbonyl (C=O) groups is 2. The zero-order valence-corrected chi connectivity index (χ0v) is 16.8. The van der Waals surface area contributed by atoms with E-state index in [2.05, 4.69) is 39.4 Å². The largest absolute Gasteiger partial charge is 0.325 e. The van der Waals surface area contributed by atoms with E-state index in [-0.39, 0.29) is 11.9 Å². The van der Waals surface area contributed by atoms with Crippen LogP contribution >= 0.6 is 0 Å². The molecule has 0 aliphatic carbocycles. The van der Waals surface area contributed by atoms with E-state index in [9.17, 15) is 9.59 Å². The molecule has 2 unspecified atom stereocenters. The van der Waals surface area contributed by atoms with Crippen molar-refractivity contribution in [3.63, 3.8) is 0 Å². The number of amides is 3. The molecule has 0 aromatic heterocycles. The van der Waals surface area contributed by atoms with Gasteiger partial charge >= 0.3 is 6.03 Å². The van der Waals surface area contributed by atoms with Crippen LogP contribution in [0.5, 0.6) is 0 Å². The summed E-state index contributed by atoms with van der Waals surface area (Å²) in [5.41, 5.74) is 3.99. The lowest BCUT2D eigenvalue weighted by Crippen LogP contribution is -2.62. The number of fused-ring (bicyclic) bond motifs is 4. The van der Waals surface area contributed by atoms with Crippen molar-refractivity contribution in [3.8, 4) is 0 Å². The van der Waals surface area contributed by atoms with Gasteiger partial charge in [0.25, 0.3) is 5.91 Å². The standard InChI is InChI=1S/C21H26N6O2/c1-14-12-27-17-18(24(2)21(29)23-19(17)28)22-20(27)26(14)10-5-9-25-11-8-15-6-3-4-7-16(15)13-25/h3-4,6-7,12,17-18H,5,8-11,13H2,1-2H3,(H,23,28,29). The minimum Gasteiger partial charge on any atom is -0.315 e. The number of urea groups is 1. The molecule has 1 aromatic rings. The smallest absolute Gasteiger partial charge is 0.315 e. The normalized spacial score (nSPS) is 26.1. The molecule has 29 heavy (non-hydrogen) atoms. The number of carbonyl (C=O) groups excluding carboxylic acids is 2. The number of hydrogen-bond donors (Lipinski definition) is 1. The maximum Gasteiger partial charge on any atom is 0.325 e. The molecule has 1 aromatic carbocycles. The SMILES string of the molecule is CC1=CN2C(=NC3C2C(=O)NC(=O)N3C)N1CCCN1CCc2ccccc2C1. The van der Waals surface area contributed by atoms with Gasteiger partial charge in [-0.05, 0) is 30.9 Å². The van der Waals surface area contributed by atoms with E-state index in [4.69, 9.17) is 4.99 Å². The van der Waals surface area contributed by atoms with Crippen LogP contribution in [0.15, 0.2) is 41.2 Å². The van der Waals surface area contributed by atoms with Crippen LogP contribution in [0, 0.1) is 0 Å². The summed E-state index contributed by atoms with van der Waals surface area (Å²) in [5, 5.41) is 2.42. The highest BCUT2D eigenvalue weighted by Crippen LogP contribution is 2.31. The van der Waals surface area contributed by atoms with Crippen molar-refractivity contribution < 1.29 is 9.59 Å². The molecule has 0 saturated carbocycles. The Hall–Kier alpha value is -2.87. The number of guanidine groups is 1. The number of aliphatic imine (C=N–C) groups is 1. The number of likely N-dealkylation sites (N-methyl/N-ethyl adjacent to an activating group) is 1. The first-order chi connectivity index (χ1) is 14.0. The summed E-state index contributed by atoms with van der Waals surface area (Å²) in [6.07, 6.45) is 3.63. The lowest BCUT2D eigenvalue weighted by atomic mass is 10.00. The molecule has 5 rings (SSSR count). The van der Waals surface area contributed by atoms with Crippen LogP contribution in [0.2, 0.25) is 0 Å². The fourth-order valence-corrected chi connectivity index (χ4v) is 4.72. The quantitative estimate of drug-likeness (QED) is 0.830. The maximum absolute atomic E-state index is 12.4. The van der Waals surface area contributed by atoms with Gasteiger partial charge in [-0.2, -0.15) is 0 Å². The van der Waals surface area contributed by atoms with E-state index < -0.39 is 12.2 Å². The van der Waals surface area contributed by atoms with E-state index in [0.29, 0.717) is 0 Å². The molecule has 4 aliphatic rings. The number of rotatable bonds is 4. The molecule has 8 nitrogen and oxygen atoms in total. The van der Waals surface area contributed by atoms with Crippen molar-refractivity contribution in [2.75, 3.05) is 26.7 Å². The third kappa shape index (κ3) is 2.98. The van der Waals surface area contributed by atoms with E-state index in [0.717, 1.165) is 50.7 Å². The van der Waals surface area contributed by atoms with Gasteiger partial charge in [0.05, 0.1) is 0 Å². The number of nitrogens with one attached hydrogen (secondary N) is 1. The van der Waals surface area contributed by atoms with Crippen molar-refractivity contribution in [3.05, 3.63) is 47.3 Å². The molecule has 0 bridgehead atoms. The third-order valence-electron chi connectivity index (χ3n) is 6.34. The summed E-state index contributed by atoms with van der Waals surface area (Å²) in [5.74, 6) is 0.493. The Morgan fingerprint density at radius 2 is 1.97 bits per heavy atom. The second-order valence-corrected chi connectivity index (χ2v) is 8.17. The Bertz CT molecular complexity index is 926. The Morgan fingerprint density at radius 1 is 1.17 bits per heavy atom. The summed E-state index contributed by atoms with van der Waals surface area (Å²) < 4.78 is 0. The molecule has 1 fully saturated rings. The van der Waals surface area contributed by atoms with E-state index in [1.807, 2.05) is 18.0 Å². The Morgan fingerprint density at radius 3 is 2.79 bits per heavy atom. The second kappa shape index (κ2) is 6.88. The summed E-state index contributed by atoms with van der Waals surface area (Å²) in [7, 11) is 1.68. The molecule has 0 spiro atoms. The van der Waals surface area contributed by atoms with Crippen molar-refractivity contribution >= 4 is 17.9 Å². The molecule has 3 amide bonds. The average Bonchev–Trinajstić information content (AvgIpc) is 3.22. The van der Waals surface area contributed by atoms with Gasteiger partial charge in [0.2, 0.25) is 5.96 Å². The lowest BCUT2D eigenvalue weighted by molar-refractivity contribution is -0.126. The highest BCUT2D eigenvalue weighted by molar-refractivity contribution is 6.04. The van der Waals surface area contributed by atoms with Crippen LogP contribution in [-0.4, -0.2) is 76.4 Å². The molecular weight excluding hydrogens is 368 g/mol. The highest BCUT2D eigenvalue weighted by atomic mass is 16.2. The molecule has 1 saturated heterocycles. The molecule has 0 radical (unpaired) electrons. The first kappa shape index (κ1) is 18.2. The fraction of sp³-hybridized carbons (Fsp3) is 0.476. The van der Waals surface area contributed by atoms with Gasteiger partial charge in [-0.3, -0.25) is 15.0 Å². The van der Waals surface area contributed by atoms with Gasteiger partial charge in [0.1, 0.15) is 0 Å². The van der Waals surface area contributed by atoms with Gasteiger partial charge in [-0.25, -0.2) is 9.79 Å². The second-order valence-electron chi connectivity index (χ2n) is 8.17. The minimum absolute atomic E-state index is 0.283. The van der Waals surface area contributed by atoms with Crippen LogP contribution in [0.25, 0.3) is 0 Å². The summed E-state index contributed by atoms with van der Waals surface area (Å²) in [4.78, 5) is 37.1. The fourth-order valence-electron chi connectivity index (χ4n) is 4.72. The van der Waals surface area contributed by atoms with Crippen molar-refractivity contribution in [1.82, 2.24) is 24.9 Å². The van der Waals surface area contributed by atoms with Gasteiger partial charge < -0.3 is 14.7 Å². The van der Waals surface area contributed by atoms with Crippen LogP contribution in [0.4, 0.5) is 4.79 Å². The van der Waals surface area contributed by atoms with E-state index in [1.165, 1.54) is 16.0 Å². The van der Waals surface area contributed by atoms with Gasteiger partial charge in [-0.1, -0.05) is 24.3 Å². The average molecular weight is 394 g/mol. The zero-order valence-electron chi connectivity index (χ0n) is 16.8. The predicted octanol–water partition coefficient (Wildman–Crippen LogP) is 1.16. The van der Waals surface area contributed by atoms with Gasteiger partial charge in [0, 0.05) is 45.1 Å². The van der Waals surface area contributed by atoms with Crippen molar-refractivity contribution in [2.24, 2.45) is 4.99 Å². The molecule has 1 N–H and O–H groups in total. The molecule has 4 aliphatic heterocycles. The van der Waals surface area contributed by atoms with Crippen molar-refractivity contribution in [1.29, 1.82) is 0 Å². The number of hydrogen-bond acceptors (Lipinski definition) is 6. The zero-order chi connectivity index (χ0) is 20.1. The van der Waals surface area contributed by atoms with E-state index in [1.54, 1.807) is 7.05 Å². The molecule has 2 atom stereocenters. The minimum atomic E-state index is -0.480. The molecule has 8 heteroatoms. The van der Waals surface area contributed by atoms with Crippen LogP contribution in [0.1, 0.15) is 24.5 Å². The Labute approximate surface area is 170 Å². The predicted molar refractivity (Wildman–Crippen MR) is 109 cm³/mol. The summed E-state index contributed by atoms with van der Waals surface area (Å²) in [6.45, 7) is 6.01. The monoisotopic (exact) mass is 394 g/mol. The number of imide groups is 1. The molecule has 152 valence electrons. The number of allylic oxidation sites excluding steroid dienone is 1. The Kier molecular flexibility index (Phi) is 4.31. The topological polar surface area (TPSA) is 71.5 Å². The van der Waals surface area contributed by atoms with Crippen LogP contribution in [0.3, 0.4) is 0 Å². The lowest BCUT2D eigenvalue weighted by Gasteiger charge is -2.34. The Balaban J connectivity index is 1.23. The van der Waals surface area contributed by atoms with Crippen LogP contribution < -0.4 is 5.32 Å². The first-order valence-electron chi connectivity index (χ1n) is 10.2. The maximum atomic E-state index is 12.4. The van der Waals surface area contributed by atoms with Crippen molar-refractivity contribution in [2.45, 2.75) is 38.5 Å². The van der Waals surface area contributed by atoms with Gasteiger partial charge in [0.15, 0.2) is 12.2 Å². The summed E-state index contributed by atoms with van der Waals surface area (Å²) in [6, 6.07) is 7.82. The van der Waals surface area contributed by atoms with E-state index >= 15 is 0 Å². The summed E-state index contributed by atoms with van der Waals surface area (Å²) >= 11 is 0. The third-order valence-corrected chi connectivity index (χ3v) is 6.34. The van der Waals surface area contributed by atoms with Gasteiger partial charge in [-0.15, -0.1) is 0 Å². The van der Waals surface area contributed by atoms with Crippen LogP contribution in [-0.2, 0) is 17.8 Å². The number of benzene rings is 1. The number of nitrogens with zero attached hydrogens (tertiary/aromatic N) is 5. The first-order valence-corrected chi connectivity index (χ1v) is 10.2. The molecular formula is C21H26N6O2. The molecule has 4 heterocycles.